The zero-order chi connectivity index (χ0) is 19.4. The van der Waals surface area contributed by atoms with Gasteiger partial charge in [-0.1, -0.05) is 35.5 Å². The average molecular weight is 368 g/mol. The number of hydrogen-bond donors (Lipinski definition) is 0. The number of nitrogens with zero attached hydrogens (tertiary/aromatic N) is 4. The Morgan fingerprint density at radius 2 is 2.00 bits per heavy atom. The van der Waals surface area contributed by atoms with E-state index in [4.69, 9.17) is 9.26 Å². The first kappa shape index (κ1) is 18.1. The Kier molecular flexibility index (Phi) is 5.11. The normalized spacial score (nSPS) is 10.4. The number of rotatable bonds is 6. The summed E-state index contributed by atoms with van der Waals surface area (Å²) < 4.78 is 10.1. The zero-order valence-corrected chi connectivity index (χ0v) is 14.7. The number of nitro groups is 1. The molecular formula is C18H16N4O5. The minimum absolute atomic E-state index is 0.0680. The Morgan fingerprint density at radius 1 is 1.26 bits per heavy atom. The predicted molar refractivity (Wildman–Crippen MR) is 95.2 cm³/mol. The third-order valence-corrected chi connectivity index (χ3v) is 3.84. The molecule has 0 fully saturated rings. The Bertz CT molecular complexity index is 971. The van der Waals surface area contributed by atoms with Crippen molar-refractivity contribution >= 4 is 11.6 Å². The fraction of sp³-hybridized carbons (Fsp3) is 0.167. The monoisotopic (exact) mass is 368 g/mol. The van der Waals surface area contributed by atoms with E-state index in [1.165, 1.54) is 30.2 Å². The van der Waals surface area contributed by atoms with Gasteiger partial charge in [-0.05, 0) is 12.1 Å². The predicted octanol–water partition coefficient (Wildman–Crippen LogP) is 2.93. The van der Waals surface area contributed by atoms with E-state index < -0.39 is 10.8 Å². The van der Waals surface area contributed by atoms with Crippen molar-refractivity contribution in [1.29, 1.82) is 0 Å². The van der Waals surface area contributed by atoms with Crippen LogP contribution in [0.15, 0.2) is 53.1 Å². The summed E-state index contributed by atoms with van der Waals surface area (Å²) in [5.74, 6) is 0.350. The van der Waals surface area contributed by atoms with Gasteiger partial charge in [0.1, 0.15) is 0 Å². The Hall–Kier alpha value is -3.75. The summed E-state index contributed by atoms with van der Waals surface area (Å²) in [6.45, 7) is 0.0680. The van der Waals surface area contributed by atoms with Gasteiger partial charge in [0.25, 0.3) is 5.91 Å². The lowest BCUT2D eigenvalue weighted by Crippen LogP contribution is -2.26. The number of carbonyl (C=O) groups is 1. The summed E-state index contributed by atoms with van der Waals surface area (Å²) in [4.78, 5) is 28.7. The molecule has 0 unspecified atom stereocenters. The van der Waals surface area contributed by atoms with Gasteiger partial charge in [-0.15, -0.1) is 0 Å². The molecule has 9 nitrogen and oxygen atoms in total. The van der Waals surface area contributed by atoms with Crippen molar-refractivity contribution in [1.82, 2.24) is 15.0 Å². The molecule has 3 rings (SSSR count). The average Bonchev–Trinajstić information content (AvgIpc) is 3.16. The number of nitro benzene ring substituents is 1. The second-order valence-electron chi connectivity index (χ2n) is 5.68. The van der Waals surface area contributed by atoms with Crippen LogP contribution < -0.4 is 4.74 Å². The van der Waals surface area contributed by atoms with Gasteiger partial charge in [0.15, 0.2) is 5.75 Å². The summed E-state index contributed by atoms with van der Waals surface area (Å²) in [6, 6.07) is 13.3. The molecule has 0 atom stereocenters. The van der Waals surface area contributed by atoms with Gasteiger partial charge >= 0.3 is 5.69 Å². The molecule has 1 aromatic heterocycles. The first-order valence-electron chi connectivity index (χ1n) is 7.95. The third-order valence-electron chi connectivity index (χ3n) is 3.84. The van der Waals surface area contributed by atoms with Gasteiger partial charge in [-0.2, -0.15) is 4.98 Å². The van der Waals surface area contributed by atoms with Crippen LogP contribution in [0.3, 0.4) is 0 Å². The maximum Gasteiger partial charge on any atom is 0.311 e. The molecule has 0 aliphatic carbocycles. The molecule has 9 heteroatoms. The molecule has 0 bridgehead atoms. The standard InChI is InChI=1S/C18H16N4O5/c1-21(11-16-19-17(20-27-16)12-6-4-3-5-7-12)18(23)13-8-9-15(26-2)14(10-13)22(24)25/h3-10H,11H2,1-2H3. The lowest BCUT2D eigenvalue weighted by atomic mass is 10.1. The van der Waals surface area contributed by atoms with E-state index in [-0.39, 0.29) is 29.4 Å². The Morgan fingerprint density at radius 3 is 2.67 bits per heavy atom. The molecule has 0 radical (unpaired) electrons. The molecule has 27 heavy (non-hydrogen) atoms. The van der Waals surface area contributed by atoms with E-state index in [0.29, 0.717) is 5.82 Å². The second-order valence-corrected chi connectivity index (χ2v) is 5.68. The second kappa shape index (κ2) is 7.65. The minimum atomic E-state index is -0.597. The van der Waals surface area contributed by atoms with Crippen LogP contribution in [0.4, 0.5) is 5.69 Å². The molecule has 3 aromatic rings. The quantitative estimate of drug-likeness (QED) is 0.486. The van der Waals surface area contributed by atoms with Gasteiger partial charge in [0.2, 0.25) is 11.7 Å². The molecule has 2 aromatic carbocycles. The van der Waals surface area contributed by atoms with E-state index in [1.807, 2.05) is 30.3 Å². The van der Waals surface area contributed by atoms with E-state index in [9.17, 15) is 14.9 Å². The highest BCUT2D eigenvalue weighted by Gasteiger charge is 2.21. The number of methoxy groups -OCH3 is 1. The summed E-state index contributed by atoms with van der Waals surface area (Å²) in [5.41, 5.74) is 0.681. The van der Waals surface area contributed by atoms with Crippen molar-refractivity contribution in [3.05, 3.63) is 70.1 Å². The summed E-state index contributed by atoms with van der Waals surface area (Å²) in [7, 11) is 2.88. The lowest BCUT2D eigenvalue weighted by Gasteiger charge is -2.15. The largest absolute Gasteiger partial charge is 0.490 e. The van der Waals surface area contributed by atoms with E-state index in [1.54, 1.807) is 7.05 Å². The molecule has 0 saturated carbocycles. The van der Waals surface area contributed by atoms with E-state index >= 15 is 0 Å². The number of hydrogen-bond acceptors (Lipinski definition) is 7. The van der Waals surface area contributed by atoms with Gasteiger partial charge < -0.3 is 14.2 Å². The molecule has 138 valence electrons. The fourth-order valence-corrected chi connectivity index (χ4v) is 2.48. The molecule has 0 aliphatic rings. The summed E-state index contributed by atoms with van der Waals surface area (Å²) in [6.07, 6.45) is 0. The zero-order valence-electron chi connectivity index (χ0n) is 14.7. The summed E-state index contributed by atoms with van der Waals surface area (Å²) >= 11 is 0. The molecule has 0 spiro atoms. The van der Waals surface area contributed by atoms with Gasteiger partial charge in [0.05, 0.1) is 18.6 Å². The van der Waals surface area contributed by atoms with Gasteiger partial charge in [0, 0.05) is 24.2 Å². The molecule has 1 heterocycles. The molecular weight excluding hydrogens is 352 g/mol. The summed E-state index contributed by atoms with van der Waals surface area (Å²) in [5, 5.41) is 15.0. The SMILES string of the molecule is COc1ccc(C(=O)N(C)Cc2nc(-c3ccccc3)no2)cc1[N+](=O)[O-]. The minimum Gasteiger partial charge on any atom is -0.490 e. The van der Waals surface area contributed by atoms with Crippen LogP contribution >= 0.6 is 0 Å². The topological polar surface area (TPSA) is 112 Å². The van der Waals surface area contributed by atoms with Crippen LogP contribution in [-0.2, 0) is 6.54 Å². The molecule has 0 aliphatic heterocycles. The highest BCUT2D eigenvalue weighted by atomic mass is 16.6. The van der Waals surface area contributed by atoms with E-state index in [2.05, 4.69) is 10.1 Å². The van der Waals surface area contributed by atoms with Crippen LogP contribution in [0.25, 0.3) is 11.4 Å². The first-order valence-corrected chi connectivity index (χ1v) is 7.95. The van der Waals surface area contributed by atoms with Crippen molar-refractivity contribution in [2.45, 2.75) is 6.54 Å². The van der Waals surface area contributed by atoms with Gasteiger partial charge in [-0.25, -0.2) is 0 Å². The third kappa shape index (κ3) is 3.92. The lowest BCUT2D eigenvalue weighted by molar-refractivity contribution is -0.385. The van der Waals surface area contributed by atoms with Crippen molar-refractivity contribution in [2.24, 2.45) is 0 Å². The Labute approximate surface area is 154 Å². The molecule has 1 amide bonds. The number of ether oxygens (including phenoxy) is 1. The smallest absolute Gasteiger partial charge is 0.311 e. The van der Waals surface area contributed by atoms with Crippen molar-refractivity contribution in [3.63, 3.8) is 0 Å². The number of aromatic nitrogens is 2. The van der Waals surface area contributed by atoms with Crippen molar-refractivity contribution in [2.75, 3.05) is 14.2 Å². The van der Waals surface area contributed by atoms with Gasteiger partial charge in [-0.3, -0.25) is 14.9 Å². The van der Waals surface area contributed by atoms with E-state index in [0.717, 1.165) is 5.56 Å². The molecule has 0 saturated heterocycles. The van der Waals surface area contributed by atoms with Crippen LogP contribution in [-0.4, -0.2) is 40.0 Å². The highest BCUT2D eigenvalue weighted by molar-refractivity contribution is 5.95. The van der Waals surface area contributed by atoms with Crippen LogP contribution in [0.1, 0.15) is 16.2 Å². The maximum atomic E-state index is 12.6. The Balaban J connectivity index is 1.76. The fourth-order valence-electron chi connectivity index (χ4n) is 2.48. The first-order chi connectivity index (χ1) is 13.0. The van der Waals surface area contributed by atoms with Crippen LogP contribution in [0, 0.1) is 10.1 Å². The number of benzene rings is 2. The van der Waals surface area contributed by atoms with Crippen molar-refractivity contribution < 1.29 is 19.0 Å². The number of amides is 1. The van der Waals surface area contributed by atoms with Crippen LogP contribution in [0.2, 0.25) is 0 Å². The molecule has 0 N–H and O–H groups in total. The van der Waals surface area contributed by atoms with Crippen molar-refractivity contribution in [3.8, 4) is 17.1 Å². The highest BCUT2D eigenvalue weighted by Crippen LogP contribution is 2.28. The van der Waals surface area contributed by atoms with Crippen LogP contribution in [0.5, 0.6) is 5.75 Å². The number of carbonyl (C=O) groups excluding carboxylic acids is 1. The maximum absolute atomic E-state index is 12.6.